The minimum atomic E-state index is -0.269. The molecule has 0 atom stereocenters. The van der Waals surface area contributed by atoms with Gasteiger partial charge in [-0.15, -0.1) is 0 Å². The summed E-state index contributed by atoms with van der Waals surface area (Å²) < 4.78 is 13.2. The maximum absolute atomic E-state index is 13.2. The van der Waals surface area contributed by atoms with Crippen LogP contribution in [0.3, 0.4) is 0 Å². The van der Waals surface area contributed by atoms with E-state index in [2.05, 4.69) is 20.9 Å². The Morgan fingerprint density at radius 2 is 1.68 bits per heavy atom. The second kappa shape index (κ2) is 7.18. The molecule has 1 saturated heterocycles. The maximum Gasteiger partial charge on any atom is 0.141 e. The Balaban J connectivity index is 1.51. The third kappa shape index (κ3) is 4.03. The summed E-state index contributed by atoms with van der Waals surface area (Å²) in [4.78, 5) is 8.64. The number of aromatic nitrogens is 1. The molecular weight excluding hydrogens is 301 g/mol. The molecule has 0 saturated carbocycles. The minimum Gasteiger partial charge on any atom is -0.296 e. The molecule has 3 rings (SSSR count). The molecule has 1 aromatic carbocycles. The molecule has 3 nitrogen and oxygen atoms in total. The van der Waals surface area contributed by atoms with Gasteiger partial charge in [-0.2, -0.15) is 0 Å². The second-order valence-electron chi connectivity index (χ2n) is 5.66. The van der Waals surface area contributed by atoms with Gasteiger partial charge in [-0.25, -0.2) is 4.39 Å². The van der Waals surface area contributed by atoms with E-state index in [1.54, 1.807) is 12.3 Å². The molecule has 0 spiro atoms. The van der Waals surface area contributed by atoms with Gasteiger partial charge in [0.1, 0.15) is 5.82 Å². The van der Waals surface area contributed by atoms with Gasteiger partial charge in [-0.3, -0.25) is 14.8 Å². The van der Waals surface area contributed by atoms with Gasteiger partial charge in [0, 0.05) is 50.5 Å². The zero-order chi connectivity index (χ0) is 15.4. The number of hydrogen-bond donors (Lipinski definition) is 0. The summed E-state index contributed by atoms with van der Waals surface area (Å²) in [6.07, 6.45) is 2.98. The third-order valence-corrected chi connectivity index (χ3v) is 4.35. The quantitative estimate of drug-likeness (QED) is 0.863. The molecule has 22 heavy (non-hydrogen) atoms. The van der Waals surface area contributed by atoms with E-state index in [0.29, 0.717) is 0 Å². The molecular formula is C17H19ClFN3. The molecule has 2 heterocycles. The van der Waals surface area contributed by atoms with Crippen molar-refractivity contribution in [3.8, 4) is 0 Å². The predicted octanol–water partition coefficient (Wildman–Crippen LogP) is 3.19. The summed E-state index contributed by atoms with van der Waals surface area (Å²) in [5.74, 6) is -0.269. The van der Waals surface area contributed by atoms with Crippen LogP contribution in [0.5, 0.6) is 0 Å². The minimum absolute atomic E-state index is 0.269. The Kier molecular flexibility index (Phi) is 5.03. The lowest BCUT2D eigenvalue weighted by atomic mass is 10.2. The van der Waals surface area contributed by atoms with Crippen LogP contribution in [0, 0.1) is 5.82 Å². The van der Waals surface area contributed by atoms with Crippen LogP contribution in [0.25, 0.3) is 0 Å². The predicted molar refractivity (Wildman–Crippen MR) is 86.2 cm³/mol. The van der Waals surface area contributed by atoms with Crippen LogP contribution in [0.2, 0.25) is 5.02 Å². The fraction of sp³-hybridized carbons (Fsp3) is 0.353. The first-order valence-corrected chi connectivity index (χ1v) is 7.86. The number of hydrogen-bond acceptors (Lipinski definition) is 3. The highest BCUT2D eigenvalue weighted by molar-refractivity contribution is 6.31. The topological polar surface area (TPSA) is 19.4 Å². The van der Waals surface area contributed by atoms with Crippen LogP contribution >= 0.6 is 11.6 Å². The molecule has 0 radical (unpaired) electrons. The van der Waals surface area contributed by atoms with Gasteiger partial charge in [0.05, 0.1) is 6.20 Å². The van der Waals surface area contributed by atoms with Crippen molar-refractivity contribution in [2.45, 2.75) is 13.1 Å². The molecule has 1 aromatic heterocycles. The maximum atomic E-state index is 13.2. The summed E-state index contributed by atoms with van der Waals surface area (Å²) in [7, 11) is 0. The van der Waals surface area contributed by atoms with Crippen molar-refractivity contribution in [3.63, 3.8) is 0 Å². The Labute approximate surface area is 135 Å². The molecule has 1 fully saturated rings. The summed E-state index contributed by atoms with van der Waals surface area (Å²) >= 11 is 6.21. The van der Waals surface area contributed by atoms with E-state index in [1.807, 2.05) is 18.2 Å². The van der Waals surface area contributed by atoms with E-state index in [0.717, 1.165) is 49.9 Å². The number of nitrogens with zero attached hydrogens (tertiary/aromatic N) is 3. The Bertz CT molecular complexity index is 627. The first kappa shape index (κ1) is 15.4. The molecule has 0 amide bonds. The SMILES string of the molecule is Fc1cncc(CN2CCN(Cc3ccccc3Cl)CC2)c1. The highest BCUT2D eigenvalue weighted by atomic mass is 35.5. The summed E-state index contributed by atoms with van der Waals surface area (Å²) in [6.45, 7) is 5.57. The van der Waals surface area contributed by atoms with Gasteiger partial charge < -0.3 is 0 Å². The van der Waals surface area contributed by atoms with Gasteiger partial charge in [-0.1, -0.05) is 29.8 Å². The van der Waals surface area contributed by atoms with Gasteiger partial charge in [0.2, 0.25) is 0 Å². The fourth-order valence-corrected chi connectivity index (χ4v) is 2.97. The van der Waals surface area contributed by atoms with E-state index in [4.69, 9.17) is 11.6 Å². The summed E-state index contributed by atoms with van der Waals surface area (Å²) in [5.41, 5.74) is 2.10. The lowest BCUT2D eigenvalue weighted by Crippen LogP contribution is -2.45. The Morgan fingerprint density at radius 3 is 2.36 bits per heavy atom. The standard InChI is InChI=1S/C17H19ClFN3/c18-17-4-2-1-3-15(17)13-22-7-5-21(6-8-22)12-14-9-16(19)11-20-10-14/h1-4,9-11H,5-8,12-13H2. The number of pyridine rings is 1. The van der Waals surface area contributed by atoms with E-state index in [9.17, 15) is 4.39 Å². The first-order chi connectivity index (χ1) is 10.7. The number of piperazine rings is 1. The van der Waals surface area contributed by atoms with Crippen molar-refractivity contribution in [1.82, 2.24) is 14.8 Å². The van der Waals surface area contributed by atoms with Crippen molar-refractivity contribution in [1.29, 1.82) is 0 Å². The van der Waals surface area contributed by atoms with Crippen LogP contribution in [-0.4, -0.2) is 41.0 Å². The van der Waals surface area contributed by atoms with Gasteiger partial charge in [0.25, 0.3) is 0 Å². The lowest BCUT2D eigenvalue weighted by Gasteiger charge is -2.34. The van der Waals surface area contributed by atoms with Crippen LogP contribution in [0.15, 0.2) is 42.7 Å². The zero-order valence-corrected chi connectivity index (χ0v) is 13.1. The smallest absolute Gasteiger partial charge is 0.141 e. The van der Waals surface area contributed by atoms with Crippen LogP contribution < -0.4 is 0 Å². The fourth-order valence-electron chi connectivity index (χ4n) is 2.77. The van der Waals surface area contributed by atoms with Crippen molar-refractivity contribution < 1.29 is 4.39 Å². The molecule has 5 heteroatoms. The van der Waals surface area contributed by atoms with Gasteiger partial charge >= 0.3 is 0 Å². The zero-order valence-electron chi connectivity index (χ0n) is 12.4. The highest BCUT2D eigenvalue weighted by Crippen LogP contribution is 2.18. The van der Waals surface area contributed by atoms with E-state index < -0.39 is 0 Å². The lowest BCUT2D eigenvalue weighted by molar-refractivity contribution is 0.122. The van der Waals surface area contributed by atoms with Gasteiger partial charge in [0.15, 0.2) is 0 Å². The summed E-state index contributed by atoms with van der Waals surface area (Å²) in [5, 5.41) is 0.829. The Morgan fingerprint density at radius 1 is 1.00 bits per heavy atom. The summed E-state index contributed by atoms with van der Waals surface area (Å²) in [6, 6.07) is 9.55. The molecule has 116 valence electrons. The van der Waals surface area contributed by atoms with Crippen LogP contribution in [0.4, 0.5) is 4.39 Å². The van der Waals surface area contributed by atoms with Crippen molar-refractivity contribution in [2.24, 2.45) is 0 Å². The van der Waals surface area contributed by atoms with Crippen molar-refractivity contribution in [3.05, 3.63) is 64.7 Å². The number of benzene rings is 1. The number of halogens is 2. The highest BCUT2D eigenvalue weighted by Gasteiger charge is 2.18. The average molecular weight is 320 g/mol. The first-order valence-electron chi connectivity index (χ1n) is 7.48. The van der Waals surface area contributed by atoms with Crippen LogP contribution in [0.1, 0.15) is 11.1 Å². The van der Waals surface area contributed by atoms with E-state index in [1.165, 1.54) is 11.8 Å². The molecule has 1 aliphatic rings. The van der Waals surface area contributed by atoms with E-state index in [-0.39, 0.29) is 5.82 Å². The second-order valence-corrected chi connectivity index (χ2v) is 6.06. The normalized spacial score (nSPS) is 16.8. The average Bonchev–Trinajstić information content (AvgIpc) is 2.52. The molecule has 0 N–H and O–H groups in total. The van der Waals surface area contributed by atoms with Crippen molar-refractivity contribution in [2.75, 3.05) is 26.2 Å². The molecule has 0 bridgehead atoms. The van der Waals surface area contributed by atoms with Gasteiger partial charge in [-0.05, 0) is 23.3 Å². The molecule has 0 aliphatic carbocycles. The van der Waals surface area contributed by atoms with Crippen LogP contribution in [-0.2, 0) is 13.1 Å². The Hall–Kier alpha value is -1.49. The molecule has 2 aromatic rings. The third-order valence-electron chi connectivity index (χ3n) is 3.98. The monoisotopic (exact) mass is 319 g/mol. The molecule has 0 unspecified atom stereocenters. The largest absolute Gasteiger partial charge is 0.296 e. The van der Waals surface area contributed by atoms with Crippen molar-refractivity contribution >= 4 is 11.6 Å². The van der Waals surface area contributed by atoms with E-state index >= 15 is 0 Å². The number of rotatable bonds is 4. The molecule has 1 aliphatic heterocycles.